The number of fused-ring (bicyclic) bond motifs is 1. The quantitative estimate of drug-likeness (QED) is 0.190. The highest BCUT2D eigenvalue weighted by Crippen LogP contribution is 2.28. The number of pyridine rings is 2. The van der Waals surface area contributed by atoms with Crippen molar-refractivity contribution in [1.82, 2.24) is 9.97 Å². The van der Waals surface area contributed by atoms with E-state index in [-0.39, 0.29) is 22.3 Å². The molecule has 0 aliphatic rings. The average molecular weight is 461 g/mol. The van der Waals surface area contributed by atoms with Crippen molar-refractivity contribution in [1.29, 1.82) is 0 Å². The van der Waals surface area contributed by atoms with Gasteiger partial charge in [0.25, 0.3) is 0 Å². The predicted molar refractivity (Wildman–Crippen MR) is 131 cm³/mol. The molecule has 2 heterocycles. The Labute approximate surface area is 194 Å². The van der Waals surface area contributed by atoms with Gasteiger partial charge in [-0.25, -0.2) is 14.2 Å². The molecule has 0 unspecified atom stereocenters. The van der Waals surface area contributed by atoms with E-state index in [9.17, 15) is 19.1 Å². The van der Waals surface area contributed by atoms with Gasteiger partial charge in [0, 0.05) is 25.0 Å². The van der Waals surface area contributed by atoms with Crippen molar-refractivity contribution in [3.63, 3.8) is 0 Å². The molecule has 174 valence electrons. The van der Waals surface area contributed by atoms with Crippen LogP contribution in [0.2, 0.25) is 0 Å². The maximum Gasteiger partial charge on any atom is 0.341 e. The van der Waals surface area contributed by atoms with Crippen LogP contribution in [0.3, 0.4) is 0 Å². The first-order valence-corrected chi connectivity index (χ1v) is 10.8. The van der Waals surface area contributed by atoms with Gasteiger partial charge >= 0.3 is 5.97 Å². The van der Waals surface area contributed by atoms with E-state index in [1.54, 1.807) is 12.3 Å². The van der Waals surface area contributed by atoms with Crippen LogP contribution in [-0.4, -0.2) is 34.1 Å². The molecule has 0 saturated heterocycles. The van der Waals surface area contributed by atoms with Gasteiger partial charge in [-0.3, -0.25) is 4.79 Å². The maximum atomic E-state index is 14.9. The van der Waals surface area contributed by atoms with Crippen LogP contribution < -0.4 is 21.8 Å². The SMILES string of the molecule is Nc1c(F)c(NCCNc2ccccn2)cc2[nH]c(CCc3ccccc3)c(C(=O)O)c(=O)c12. The zero-order chi connectivity index (χ0) is 24.1. The number of nitrogens with zero attached hydrogens (tertiary/aromatic N) is 1. The number of aromatic carboxylic acids is 1. The number of halogens is 1. The molecule has 9 heteroatoms. The highest BCUT2D eigenvalue weighted by atomic mass is 19.1. The van der Waals surface area contributed by atoms with Crippen molar-refractivity contribution in [2.75, 3.05) is 29.5 Å². The summed E-state index contributed by atoms with van der Waals surface area (Å²) in [6, 6.07) is 16.4. The molecule has 4 rings (SSSR count). The smallest absolute Gasteiger partial charge is 0.341 e. The summed E-state index contributed by atoms with van der Waals surface area (Å²) >= 11 is 0. The van der Waals surface area contributed by atoms with Gasteiger partial charge in [-0.1, -0.05) is 36.4 Å². The van der Waals surface area contributed by atoms with Crippen LogP contribution in [0.5, 0.6) is 0 Å². The molecule has 0 aliphatic heterocycles. The number of aryl methyl sites for hydroxylation is 2. The van der Waals surface area contributed by atoms with Crippen LogP contribution in [-0.2, 0) is 12.8 Å². The molecule has 0 radical (unpaired) electrons. The molecule has 4 aromatic rings. The number of nitrogen functional groups attached to an aromatic ring is 1. The van der Waals surface area contributed by atoms with Gasteiger partial charge in [-0.2, -0.15) is 0 Å². The molecule has 0 saturated carbocycles. The van der Waals surface area contributed by atoms with Crippen LogP contribution in [0.1, 0.15) is 21.6 Å². The fourth-order valence-electron chi connectivity index (χ4n) is 3.82. The van der Waals surface area contributed by atoms with Crippen molar-refractivity contribution < 1.29 is 14.3 Å². The summed E-state index contributed by atoms with van der Waals surface area (Å²) in [4.78, 5) is 32.1. The van der Waals surface area contributed by atoms with Crippen molar-refractivity contribution >= 4 is 34.1 Å². The van der Waals surface area contributed by atoms with Crippen LogP contribution in [0, 0.1) is 5.82 Å². The first-order valence-electron chi connectivity index (χ1n) is 10.8. The molecule has 0 aliphatic carbocycles. The minimum atomic E-state index is -1.38. The van der Waals surface area contributed by atoms with E-state index in [2.05, 4.69) is 20.6 Å². The van der Waals surface area contributed by atoms with Crippen LogP contribution in [0.15, 0.2) is 65.6 Å². The number of rotatable bonds is 9. The van der Waals surface area contributed by atoms with E-state index in [0.717, 1.165) is 5.56 Å². The number of aromatic nitrogens is 2. The Morgan fingerprint density at radius 3 is 2.50 bits per heavy atom. The molecular formula is C25H24FN5O3. The largest absolute Gasteiger partial charge is 0.477 e. The summed E-state index contributed by atoms with van der Waals surface area (Å²) in [6.07, 6.45) is 2.49. The lowest BCUT2D eigenvalue weighted by molar-refractivity contribution is 0.0694. The number of benzene rings is 2. The second kappa shape index (κ2) is 10.0. The molecule has 2 aromatic carbocycles. The Morgan fingerprint density at radius 2 is 1.79 bits per heavy atom. The van der Waals surface area contributed by atoms with E-state index in [4.69, 9.17) is 5.73 Å². The monoisotopic (exact) mass is 461 g/mol. The number of nitrogens with one attached hydrogen (secondary N) is 3. The van der Waals surface area contributed by atoms with E-state index in [1.165, 1.54) is 6.07 Å². The lowest BCUT2D eigenvalue weighted by atomic mass is 10.0. The van der Waals surface area contributed by atoms with Crippen LogP contribution in [0.4, 0.5) is 21.6 Å². The predicted octanol–water partition coefficient (Wildman–Crippen LogP) is 3.65. The van der Waals surface area contributed by atoms with E-state index < -0.39 is 28.5 Å². The second-order valence-corrected chi connectivity index (χ2v) is 7.74. The topological polar surface area (TPSA) is 133 Å². The minimum Gasteiger partial charge on any atom is -0.477 e. The molecule has 8 nitrogen and oxygen atoms in total. The molecule has 0 atom stereocenters. The molecule has 0 bridgehead atoms. The van der Waals surface area contributed by atoms with Gasteiger partial charge in [-0.05, 0) is 36.6 Å². The van der Waals surface area contributed by atoms with Gasteiger partial charge in [0.05, 0.1) is 22.3 Å². The number of anilines is 3. The molecule has 2 aromatic heterocycles. The van der Waals surface area contributed by atoms with E-state index >= 15 is 0 Å². The van der Waals surface area contributed by atoms with Gasteiger partial charge in [0.15, 0.2) is 5.82 Å². The Balaban J connectivity index is 1.62. The van der Waals surface area contributed by atoms with E-state index in [0.29, 0.717) is 31.7 Å². The number of hydrogen-bond acceptors (Lipinski definition) is 6. The highest BCUT2D eigenvalue weighted by molar-refractivity contribution is 5.99. The highest BCUT2D eigenvalue weighted by Gasteiger charge is 2.22. The van der Waals surface area contributed by atoms with Gasteiger partial charge in [0.1, 0.15) is 11.4 Å². The number of nitrogens with two attached hydrogens (primary N) is 1. The van der Waals surface area contributed by atoms with Crippen LogP contribution >= 0.6 is 0 Å². The molecule has 0 spiro atoms. The zero-order valence-corrected chi connectivity index (χ0v) is 18.3. The summed E-state index contributed by atoms with van der Waals surface area (Å²) in [5, 5.41) is 15.6. The average Bonchev–Trinajstić information content (AvgIpc) is 2.84. The Bertz CT molecular complexity index is 1370. The normalized spacial score (nSPS) is 10.9. The number of carboxylic acids is 1. The number of carboxylic acid groups (broad SMARTS) is 1. The fraction of sp³-hybridized carbons (Fsp3) is 0.160. The lowest BCUT2D eigenvalue weighted by Gasteiger charge is -2.14. The first kappa shape index (κ1) is 22.8. The summed E-state index contributed by atoms with van der Waals surface area (Å²) in [7, 11) is 0. The van der Waals surface area contributed by atoms with Gasteiger partial charge < -0.3 is 26.5 Å². The summed E-state index contributed by atoms with van der Waals surface area (Å²) < 4.78 is 14.9. The molecule has 34 heavy (non-hydrogen) atoms. The third-order valence-electron chi connectivity index (χ3n) is 5.47. The zero-order valence-electron chi connectivity index (χ0n) is 18.3. The minimum absolute atomic E-state index is 0.112. The number of aromatic amines is 1. The first-order chi connectivity index (χ1) is 16.5. The third-order valence-corrected chi connectivity index (χ3v) is 5.47. The maximum absolute atomic E-state index is 14.9. The van der Waals surface area contributed by atoms with Crippen molar-refractivity contribution in [3.05, 3.63) is 93.7 Å². The second-order valence-electron chi connectivity index (χ2n) is 7.74. The number of carbonyl (C=O) groups is 1. The molecular weight excluding hydrogens is 437 g/mol. The van der Waals surface area contributed by atoms with Gasteiger partial charge in [-0.15, -0.1) is 0 Å². The van der Waals surface area contributed by atoms with Crippen molar-refractivity contribution in [3.8, 4) is 0 Å². The molecule has 0 amide bonds. The molecule has 0 fully saturated rings. The van der Waals surface area contributed by atoms with Crippen molar-refractivity contribution in [2.24, 2.45) is 0 Å². The van der Waals surface area contributed by atoms with Crippen LogP contribution in [0.25, 0.3) is 10.9 Å². The third kappa shape index (κ3) is 4.83. The van der Waals surface area contributed by atoms with E-state index in [1.807, 2.05) is 42.5 Å². The summed E-state index contributed by atoms with van der Waals surface area (Å²) in [5.41, 5.74) is 5.98. The summed E-state index contributed by atoms with van der Waals surface area (Å²) in [6.45, 7) is 0.821. The number of H-pyrrole nitrogens is 1. The van der Waals surface area contributed by atoms with Crippen molar-refractivity contribution in [2.45, 2.75) is 12.8 Å². The number of hydrogen-bond donors (Lipinski definition) is 5. The lowest BCUT2D eigenvalue weighted by Crippen LogP contribution is -2.22. The molecule has 6 N–H and O–H groups in total. The fourth-order valence-corrected chi connectivity index (χ4v) is 3.82. The van der Waals surface area contributed by atoms with Gasteiger partial charge in [0.2, 0.25) is 5.43 Å². The Kier molecular flexibility index (Phi) is 6.72. The Morgan fingerprint density at radius 1 is 1.06 bits per heavy atom. The summed E-state index contributed by atoms with van der Waals surface area (Å²) in [5.74, 6) is -1.49. The standard InChI is InChI=1S/C25H24FN5O3/c26-22-18(28-12-13-30-19-8-4-5-11-29-19)14-17-20(23(22)27)24(32)21(25(33)34)16(31-17)10-9-15-6-2-1-3-7-15/h1-8,11,14,28H,9-10,12-13,27H2,(H,29,30)(H,31,32)(H,33,34). The Hall–Kier alpha value is -4.40.